The molecule has 5 nitrogen and oxygen atoms in total. The SMILES string of the molecule is CC(C)Nc1nnc(SCC(=O)N(c2ccccc2)C2CCCCC2)s1. The van der Waals surface area contributed by atoms with Crippen LogP contribution in [0.5, 0.6) is 0 Å². The minimum atomic E-state index is 0.154. The van der Waals surface area contributed by atoms with Gasteiger partial charge in [-0.3, -0.25) is 4.79 Å². The van der Waals surface area contributed by atoms with Crippen LogP contribution in [0.2, 0.25) is 0 Å². The van der Waals surface area contributed by atoms with Crippen LogP contribution in [-0.4, -0.2) is 33.9 Å². The van der Waals surface area contributed by atoms with Crippen LogP contribution in [0.25, 0.3) is 0 Å². The number of anilines is 2. The van der Waals surface area contributed by atoms with Gasteiger partial charge in [-0.1, -0.05) is 60.6 Å². The van der Waals surface area contributed by atoms with Crippen LogP contribution in [0.1, 0.15) is 46.0 Å². The van der Waals surface area contributed by atoms with Crippen LogP contribution in [0.15, 0.2) is 34.7 Å². The minimum absolute atomic E-state index is 0.154. The summed E-state index contributed by atoms with van der Waals surface area (Å²) in [5.41, 5.74) is 1.00. The zero-order valence-corrected chi connectivity index (χ0v) is 17.0. The summed E-state index contributed by atoms with van der Waals surface area (Å²) >= 11 is 2.98. The highest BCUT2D eigenvalue weighted by atomic mass is 32.2. The highest BCUT2D eigenvalue weighted by Crippen LogP contribution is 2.30. The lowest BCUT2D eigenvalue weighted by Crippen LogP contribution is -2.42. The van der Waals surface area contributed by atoms with Gasteiger partial charge in [0.1, 0.15) is 0 Å². The van der Waals surface area contributed by atoms with E-state index < -0.39 is 0 Å². The van der Waals surface area contributed by atoms with Crippen LogP contribution in [-0.2, 0) is 4.79 Å². The zero-order chi connectivity index (χ0) is 18.4. The van der Waals surface area contributed by atoms with Gasteiger partial charge < -0.3 is 10.2 Å². The molecule has 140 valence electrons. The first-order chi connectivity index (χ1) is 12.6. The molecular formula is C19H26N4OS2. The van der Waals surface area contributed by atoms with E-state index in [1.807, 2.05) is 35.2 Å². The average molecular weight is 391 g/mol. The van der Waals surface area contributed by atoms with E-state index in [1.165, 1.54) is 42.4 Å². The summed E-state index contributed by atoms with van der Waals surface area (Å²) in [5, 5.41) is 12.4. The zero-order valence-electron chi connectivity index (χ0n) is 15.4. The van der Waals surface area contributed by atoms with Crippen LogP contribution in [0.4, 0.5) is 10.8 Å². The molecule has 0 radical (unpaired) electrons. The normalized spacial score (nSPS) is 15.2. The van der Waals surface area contributed by atoms with Crippen molar-refractivity contribution < 1.29 is 4.79 Å². The summed E-state index contributed by atoms with van der Waals surface area (Å²) in [5.74, 6) is 0.545. The maximum atomic E-state index is 13.0. The fourth-order valence-corrected chi connectivity index (χ4v) is 5.01. The molecule has 0 unspecified atom stereocenters. The number of thioether (sulfide) groups is 1. The van der Waals surface area contributed by atoms with Gasteiger partial charge in [-0.05, 0) is 38.8 Å². The number of carbonyl (C=O) groups is 1. The standard InChI is InChI=1S/C19H26N4OS2/c1-14(2)20-18-21-22-19(26-18)25-13-17(24)23(15-9-5-3-6-10-15)16-11-7-4-8-12-16/h3,5-6,9-10,14,16H,4,7-8,11-13H2,1-2H3,(H,20,21). The second kappa shape index (κ2) is 9.37. The quantitative estimate of drug-likeness (QED) is 0.687. The summed E-state index contributed by atoms with van der Waals surface area (Å²) in [7, 11) is 0. The molecular weight excluding hydrogens is 364 g/mol. The summed E-state index contributed by atoms with van der Waals surface area (Å²) < 4.78 is 0.832. The topological polar surface area (TPSA) is 58.1 Å². The molecule has 0 bridgehead atoms. The van der Waals surface area contributed by atoms with E-state index in [4.69, 9.17) is 0 Å². The van der Waals surface area contributed by atoms with Gasteiger partial charge in [-0.15, -0.1) is 10.2 Å². The van der Waals surface area contributed by atoms with Crippen molar-refractivity contribution in [3.8, 4) is 0 Å². The monoisotopic (exact) mass is 390 g/mol. The molecule has 26 heavy (non-hydrogen) atoms. The van der Waals surface area contributed by atoms with Crippen molar-refractivity contribution >= 4 is 39.8 Å². The molecule has 1 saturated carbocycles. The van der Waals surface area contributed by atoms with Crippen LogP contribution in [0, 0.1) is 0 Å². The molecule has 1 aliphatic carbocycles. The Balaban J connectivity index is 1.66. The number of amides is 1. The number of benzene rings is 1. The maximum Gasteiger partial charge on any atom is 0.237 e. The Morgan fingerprint density at radius 2 is 1.96 bits per heavy atom. The van der Waals surface area contributed by atoms with Crippen molar-refractivity contribution in [3.05, 3.63) is 30.3 Å². The highest BCUT2D eigenvalue weighted by Gasteiger charge is 2.27. The van der Waals surface area contributed by atoms with Gasteiger partial charge in [0.15, 0.2) is 4.34 Å². The van der Waals surface area contributed by atoms with Crippen LogP contribution < -0.4 is 10.2 Å². The first-order valence-corrected chi connectivity index (χ1v) is 11.0. The molecule has 0 spiro atoms. The minimum Gasteiger partial charge on any atom is -0.358 e. The maximum absolute atomic E-state index is 13.0. The van der Waals surface area contributed by atoms with Gasteiger partial charge in [0, 0.05) is 17.8 Å². The van der Waals surface area contributed by atoms with Gasteiger partial charge in [-0.25, -0.2) is 0 Å². The summed E-state index contributed by atoms with van der Waals surface area (Å²) in [6.07, 6.45) is 5.86. The molecule has 3 rings (SSSR count). The summed E-state index contributed by atoms with van der Waals surface area (Å²) in [4.78, 5) is 15.1. The predicted molar refractivity (Wildman–Crippen MR) is 110 cm³/mol. The molecule has 2 aromatic rings. The van der Waals surface area contributed by atoms with Gasteiger partial charge in [0.2, 0.25) is 11.0 Å². The van der Waals surface area contributed by atoms with Crippen LogP contribution >= 0.6 is 23.1 Å². The van der Waals surface area contributed by atoms with Crippen molar-refractivity contribution in [2.45, 2.75) is 62.4 Å². The first-order valence-electron chi connectivity index (χ1n) is 9.23. The number of nitrogens with zero attached hydrogens (tertiary/aromatic N) is 3. The Labute approximate surface area is 163 Å². The molecule has 1 amide bonds. The second-order valence-electron chi connectivity index (χ2n) is 6.85. The summed E-state index contributed by atoms with van der Waals surface area (Å²) in [6.45, 7) is 4.14. The molecule has 1 heterocycles. The van der Waals surface area contributed by atoms with E-state index in [1.54, 1.807) is 0 Å². The number of rotatable bonds is 7. The number of carbonyl (C=O) groups excluding carboxylic acids is 1. The smallest absolute Gasteiger partial charge is 0.237 e. The molecule has 1 N–H and O–H groups in total. The number of hydrogen-bond donors (Lipinski definition) is 1. The van der Waals surface area contributed by atoms with E-state index in [0.29, 0.717) is 17.8 Å². The lowest BCUT2D eigenvalue weighted by atomic mass is 9.93. The van der Waals surface area contributed by atoms with Gasteiger partial charge in [0.25, 0.3) is 0 Å². The molecule has 7 heteroatoms. The lowest BCUT2D eigenvalue weighted by molar-refractivity contribution is -0.116. The Kier molecular flexibility index (Phi) is 6.91. The number of hydrogen-bond acceptors (Lipinski definition) is 6. The molecule has 1 aromatic carbocycles. The van der Waals surface area contributed by atoms with E-state index in [0.717, 1.165) is 28.0 Å². The average Bonchev–Trinajstić information content (AvgIpc) is 3.09. The first kappa shape index (κ1) is 19.2. The Bertz CT molecular complexity index is 699. The largest absolute Gasteiger partial charge is 0.358 e. The molecule has 1 fully saturated rings. The van der Waals surface area contributed by atoms with Crippen LogP contribution in [0.3, 0.4) is 0 Å². The Morgan fingerprint density at radius 3 is 2.65 bits per heavy atom. The molecule has 0 atom stereocenters. The number of para-hydroxylation sites is 1. The van der Waals surface area contributed by atoms with Gasteiger partial charge in [0.05, 0.1) is 5.75 Å². The van der Waals surface area contributed by atoms with Crippen molar-refractivity contribution in [1.82, 2.24) is 10.2 Å². The second-order valence-corrected chi connectivity index (χ2v) is 9.05. The predicted octanol–water partition coefficient (Wildman–Crippen LogP) is 4.82. The van der Waals surface area contributed by atoms with Crippen molar-refractivity contribution in [2.24, 2.45) is 0 Å². The number of aromatic nitrogens is 2. The van der Waals surface area contributed by atoms with Crippen molar-refractivity contribution in [3.63, 3.8) is 0 Å². The molecule has 0 saturated heterocycles. The van der Waals surface area contributed by atoms with E-state index >= 15 is 0 Å². The van der Waals surface area contributed by atoms with E-state index in [2.05, 4.69) is 29.4 Å². The molecule has 0 aliphatic heterocycles. The summed E-state index contributed by atoms with van der Waals surface area (Å²) in [6, 6.07) is 10.7. The highest BCUT2D eigenvalue weighted by molar-refractivity contribution is 8.01. The number of nitrogens with one attached hydrogen (secondary N) is 1. The molecule has 1 aromatic heterocycles. The third-order valence-corrected chi connectivity index (χ3v) is 6.35. The fraction of sp³-hybridized carbons (Fsp3) is 0.526. The third kappa shape index (κ3) is 5.20. The van der Waals surface area contributed by atoms with E-state index in [9.17, 15) is 4.79 Å². The van der Waals surface area contributed by atoms with Crippen molar-refractivity contribution in [1.29, 1.82) is 0 Å². The Hall–Kier alpha value is -1.60. The third-order valence-electron chi connectivity index (χ3n) is 4.38. The van der Waals surface area contributed by atoms with Gasteiger partial charge in [-0.2, -0.15) is 0 Å². The van der Waals surface area contributed by atoms with Crippen molar-refractivity contribution in [2.75, 3.05) is 16.0 Å². The fourth-order valence-electron chi connectivity index (χ4n) is 3.25. The van der Waals surface area contributed by atoms with Gasteiger partial charge >= 0.3 is 0 Å². The molecule has 1 aliphatic rings. The lowest BCUT2D eigenvalue weighted by Gasteiger charge is -2.34. The Morgan fingerprint density at radius 1 is 1.23 bits per heavy atom. The van der Waals surface area contributed by atoms with E-state index in [-0.39, 0.29) is 5.91 Å².